The lowest BCUT2D eigenvalue weighted by Gasteiger charge is -2.39. The fourth-order valence-corrected chi connectivity index (χ4v) is 8.10. The molecule has 1 aliphatic rings. The Labute approximate surface area is 410 Å². The molecule has 6 atom stereocenters. The average molecular weight is 943 g/mol. The summed E-state index contributed by atoms with van der Waals surface area (Å²) in [7, 11) is 0. The molecule has 0 amide bonds. The average Bonchev–Trinajstić information content (AvgIpc) is 3.33. The van der Waals surface area contributed by atoms with E-state index in [-0.39, 0.29) is 19.2 Å². The molecule has 1 heterocycles. The second kappa shape index (κ2) is 48.6. The molecular formula is C58H102O9. The summed E-state index contributed by atoms with van der Waals surface area (Å²) in [5, 5.41) is 40.3. The van der Waals surface area contributed by atoms with E-state index in [0.717, 1.165) is 70.6 Å². The second-order valence-electron chi connectivity index (χ2n) is 18.6. The first-order valence-corrected chi connectivity index (χ1v) is 27.5. The van der Waals surface area contributed by atoms with E-state index in [4.69, 9.17) is 18.9 Å². The van der Waals surface area contributed by atoms with Gasteiger partial charge in [-0.2, -0.15) is 0 Å². The van der Waals surface area contributed by atoms with Crippen molar-refractivity contribution in [2.24, 2.45) is 0 Å². The number of aliphatic hydroxyl groups excluding tert-OH is 4. The maximum Gasteiger partial charge on any atom is 0.306 e. The van der Waals surface area contributed by atoms with Gasteiger partial charge in [-0.25, -0.2) is 0 Å². The van der Waals surface area contributed by atoms with Gasteiger partial charge in [0.15, 0.2) is 6.29 Å². The van der Waals surface area contributed by atoms with Crippen LogP contribution in [0.25, 0.3) is 0 Å². The van der Waals surface area contributed by atoms with Crippen LogP contribution in [0.1, 0.15) is 226 Å². The highest BCUT2D eigenvalue weighted by Crippen LogP contribution is 2.23. The number of carbonyl (C=O) groups is 1. The van der Waals surface area contributed by atoms with Crippen LogP contribution < -0.4 is 0 Å². The van der Waals surface area contributed by atoms with E-state index in [1.54, 1.807) is 0 Å². The molecule has 9 nitrogen and oxygen atoms in total. The Kier molecular flexibility index (Phi) is 45.5. The minimum atomic E-state index is -1.54. The first-order valence-electron chi connectivity index (χ1n) is 27.5. The van der Waals surface area contributed by atoms with Gasteiger partial charge in [-0.3, -0.25) is 4.79 Å². The number of ether oxygens (including phenoxy) is 4. The summed E-state index contributed by atoms with van der Waals surface area (Å²) in [6, 6.07) is 0. The highest BCUT2D eigenvalue weighted by atomic mass is 16.7. The Hall–Kier alpha value is -2.37. The SMILES string of the molecule is CC/C=C\C/C=C\C/C=C\C/C=C\C/C=C\CCCCCCCCCCCC(=O)OC(COCCCCCCCCCC/C=C\CCCCCCCCC)COC1OC(CO)C(O)C(O)C1O. The molecular weight excluding hydrogens is 841 g/mol. The van der Waals surface area contributed by atoms with Gasteiger partial charge in [-0.15, -0.1) is 0 Å². The van der Waals surface area contributed by atoms with Gasteiger partial charge >= 0.3 is 5.97 Å². The summed E-state index contributed by atoms with van der Waals surface area (Å²) in [4.78, 5) is 12.9. The molecule has 0 saturated carbocycles. The summed E-state index contributed by atoms with van der Waals surface area (Å²) in [6.07, 6.45) is 57.9. The molecule has 0 aromatic heterocycles. The third kappa shape index (κ3) is 39.1. The number of allylic oxidation sites excluding steroid dienone is 12. The molecule has 1 fully saturated rings. The lowest BCUT2D eigenvalue weighted by Crippen LogP contribution is -2.59. The number of rotatable bonds is 47. The van der Waals surface area contributed by atoms with Crippen LogP contribution in [-0.4, -0.2) is 89.6 Å². The van der Waals surface area contributed by atoms with Crippen molar-refractivity contribution >= 4 is 5.97 Å². The van der Waals surface area contributed by atoms with E-state index in [9.17, 15) is 25.2 Å². The Bertz CT molecular complexity index is 1260. The van der Waals surface area contributed by atoms with Gasteiger partial charge in [-0.05, 0) is 83.5 Å². The van der Waals surface area contributed by atoms with Crippen molar-refractivity contribution in [3.05, 3.63) is 72.9 Å². The molecule has 388 valence electrons. The Balaban J connectivity index is 2.19. The van der Waals surface area contributed by atoms with Crippen molar-refractivity contribution in [3.63, 3.8) is 0 Å². The summed E-state index contributed by atoms with van der Waals surface area (Å²) >= 11 is 0. The van der Waals surface area contributed by atoms with E-state index in [2.05, 4.69) is 86.8 Å². The molecule has 0 radical (unpaired) electrons. The highest BCUT2D eigenvalue weighted by Gasteiger charge is 2.44. The van der Waals surface area contributed by atoms with Crippen LogP contribution >= 0.6 is 0 Å². The maximum absolute atomic E-state index is 12.9. The van der Waals surface area contributed by atoms with Crippen LogP contribution in [0.5, 0.6) is 0 Å². The summed E-state index contributed by atoms with van der Waals surface area (Å²) in [5.41, 5.74) is 0. The molecule has 1 aliphatic heterocycles. The van der Waals surface area contributed by atoms with Gasteiger partial charge in [0.05, 0.1) is 19.8 Å². The van der Waals surface area contributed by atoms with Crippen molar-refractivity contribution < 1.29 is 44.2 Å². The first-order chi connectivity index (χ1) is 32.9. The predicted molar refractivity (Wildman–Crippen MR) is 279 cm³/mol. The first kappa shape index (κ1) is 62.6. The van der Waals surface area contributed by atoms with E-state index in [1.165, 1.54) is 135 Å². The molecule has 0 spiro atoms. The standard InChI is InChI=1S/C58H102O9/c1-3-5-7-9-11-13-15-17-19-21-23-24-25-26-27-28-29-31-33-35-37-39-41-43-45-47-54(60)66-52(51-65-58-57(63)56(62)55(61)53(49-59)67-58)50-64-48-46-44-42-40-38-36-34-32-30-22-20-18-16-14-12-10-8-6-4-2/h5,7,11,13,17,19-20,22-24,26-27,52-53,55-59,61-63H,3-4,6,8-10,12,14-16,18,21,25,28-51H2,1-2H3/b7-5-,13-11-,19-17-,22-20-,24-23-,27-26-. The minimum Gasteiger partial charge on any atom is -0.457 e. The summed E-state index contributed by atoms with van der Waals surface area (Å²) < 4.78 is 22.9. The smallest absolute Gasteiger partial charge is 0.306 e. The zero-order valence-corrected chi connectivity index (χ0v) is 42.9. The molecule has 6 unspecified atom stereocenters. The van der Waals surface area contributed by atoms with Gasteiger partial charge in [0.25, 0.3) is 0 Å². The zero-order chi connectivity index (χ0) is 48.5. The van der Waals surface area contributed by atoms with Crippen LogP contribution in [0.15, 0.2) is 72.9 Å². The molecule has 4 N–H and O–H groups in total. The molecule has 9 heteroatoms. The highest BCUT2D eigenvalue weighted by molar-refractivity contribution is 5.69. The zero-order valence-electron chi connectivity index (χ0n) is 42.9. The largest absolute Gasteiger partial charge is 0.457 e. The van der Waals surface area contributed by atoms with Crippen LogP contribution in [0.2, 0.25) is 0 Å². The van der Waals surface area contributed by atoms with Crippen LogP contribution in [0.3, 0.4) is 0 Å². The maximum atomic E-state index is 12.9. The fourth-order valence-electron chi connectivity index (χ4n) is 8.10. The quantitative estimate of drug-likeness (QED) is 0.0267. The molecule has 0 bridgehead atoms. The third-order valence-corrected chi connectivity index (χ3v) is 12.4. The van der Waals surface area contributed by atoms with E-state index in [1.807, 2.05) is 0 Å². The number of aliphatic hydroxyl groups is 4. The minimum absolute atomic E-state index is 0.119. The van der Waals surface area contributed by atoms with Gasteiger partial charge in [0, 0.05) is 13.0 Å². The van der Waals surface area contributed by atoms with Crippen molar-refractivity contribution in [2.45, 2.75) is 263 Å². The summed E-state index contributed by atoms with van der Waals surface area (Å²) in [5.74, 6) is -0.321. The van der Waals surface area contributed by atoms with E-state index in [0.29, 0.717) is 13.0 Å². The van der Waals surface area contributed by atoms with Crippen molar-refractivity contribution in [3.8, 4) is 0 Å². The Morgan fingerprint density at radius 3 is 1.39 bits per heavy atom. The van der Waals surface area contributed by atoms with Gasteiger partial charge < -0.3 is 39.4 Å². The van der Waals surface area contributed by atoms with Crippen LogP contribution in [0.4, 0.5) is 0 Å². The lowest BCUT2D eigenvalue weighted by molar-refractivity contribution is -0.305. The Morgan fingerprint density at radius 2 is 0.910 bits per heavy atom. The number of esters is 1. The lowest BCUT2D eigenvalue weighted by atomic mass is 9.99. The number of hydrogen-bond acceptors (Lipinski definition) is 9. The number of carbonyl (C=O) groups excluding carboxylic acids is 1. The topological polar surface area (TPSA) is 135 Å². The normalized spacial score (nSPS) is 19.8. The van der Waals surface area contributed by atoms with Crippen LogP contribution in [-0.2, 0) is 23.7 Å². The predicted octanol–water partition coefficient (Wildman–Crippen LogP) is 14.0. The van der Waals surface area contributed by atoms with Gasteiger partial charge in [0.2, 0.25) is 0 Å². The van der Waals surface area contributed by atoms with Crippen LogP contribution in [0, 0.1) is 0 Å². The van der Waals surface area contributed by atoms with Gasteiger partial charge in [-0.1, -0.05) is 209 Å². The van der Waals surface area contributed by atoms with E-state index >= 15 is 0 Å². The number of unbranched alkanes of at least 4 members (excludes halogenated alkanes) is 24. The monoisotopic (exact) mass is 943 g/mol. The molecule has 0 aliphatic carbocycles. The second-order valence-corrected chi connectivity index (χ2v) is 18.6. The molecule has 0 aromatic rings. The van der Waals surface area contributed by atoms with E-state index < -0.39 is 43.4 Å². The molecule has 1 saturated heterocycles. The van der Waals surface area contributed by atoms with Gasteiger partial charge in [0.1, 0.15) is 30.5 Å². The number of hydrogen-bond donors (Lipinski definition) is 4. The summed E-state index contributed by atoms with van der Waals surface area (Å²) in [6.45, 7) is 4.45. The van der Waals surface area contributed by atoms with Crippen molar-refractivity contribution in [1.29, 1.82) is 0 Å². The molecule has 0 aromatic carbocycles. The Morgan fingerprint density at radius 1 is 0.493 bits per heavy atom. The third-order valence-electron chi connectivity index (χ3n) is 12.4. The fraction of sp³-hybridized carbons (Fsp3) is 0.776. The van der Waals surface area contributed by atoms with Crippen molar-refractivity contribution in [2.75, 3.05) is 26.4 Å². The molecule has 67 heavy (non-hydrogen) atoms. The molecule has 1 rings (SSSR count). The van der Waals surface area contributed by atoms with Crippen molar-refractivity contribution in [1.82, 2.24) is 0 Å².